The van der Waals surface area contributed by atoms with Crippen molar-refractivity contribution in [2.75, 3.05) is 0 Å². The molecule has 0 saturated carbocycles. The van der Waals surface area contributed by atoms with Crippen LogP contribution in [0.15, 0.2) is 170 Å². The zero-order valence-electron chi connectivity index (χ0n) is 20.6. The Bertz CT molecular complexity index is 1220. The standard InChI is InChI=1S/C29H23P2.C5H5.Zr/c1-5-14-24(15-6-1)30(25-16-7-2-8-17-25)28-22-13-23-29(28)31(26-18-9-3-10-19-26)27-20-11-4-12-21-27;1-2-4-5-3-1;/h1-23H;1-5H;/q-1;-5;. The van der Waals surface area contributed by atoms with E-state index in [0.29, 0.717) is 0 Å². The summed E-state index contributed by atoms with van der Waals surface area (Å²) in [6.07, 6.45) is 0. The van der Waals surface area contributed by atoms with Crippen LogP contribution in [-0.4, -0.2) is 0 Å². The van der Waals surface area contributed by atoms with Crippen LogP contribution >= 0.6 is 15.8 Å². The molecule has 0 aromatic heterocycles. The Labute approximate surface area is 242 Å². The van der Waals surface area contributed by atoms with Crippen molar-refractivity contribution in [3.8, 4) is 0 Å². The first-order valence-electron chi connectivity index (χ1n) is 12.1. The Balaban J connectivity index is 0.000000479. The van der Waals surface area contributed by atoms with Crippen molar-refractivity contribution in [1.82, 2.24) is 0 Å². The van der Waals surface area contributed by atoms with Crippen LogP contribution in [0.5, 0.6) is 0 Å². The number of rotatable bonds is 6. The summed E-state index contributed by atoms with van der Waals surface area (Å²) in [5.41, 5.74) is 0. The molecule has 0 aliphatic carbocycles. The maximum absolute atomic E-state index is 2.35. The van der Waals surface area contributed by atoms with E-state index in [-0.39, 0.29) is 26.2 Å². The van der Waals surface area contributed by atoms with Crippen LogP contribution in [0.25, 0.3) is 0 Å². The van der Waals surface area contributed by atoms with Crippen molar-refractivity contribution < 1.29 is 26.2 Å². The molecule has 3 heteroatoms. The largest absolute Gasteiger partial charge is 0.748 e. The van der Waals surface area contributed by atoms with Gasteiger partial charge in [-0.2, -0.15) is 6.07 Å². The molecule has 0 bridgehead atoms. The third-order valence-electron chi connectivity index (χ3n) is 5.87. The van der Waals surface area contributed by atoms with E-state index >= 15 is 0 Å². The minimum Gasteiger partial charge on any atom is -0.748 e. The Morgan fingerprint density at radius 2 is 0.757 bits per heavy atom. The topological polar surface area (TPSA) is 0 Å². The first-order chi connectivity index (χ1) is 17.9. The molecule has 37 heavy (non-hydrogen) atoms. The maximum atomic E-state index is 2.35. The Kier molecular flexibility index (Phi) is 10.6. The summed E-state index contributed by atoms with van der Waals surface area (Å²) in [5.74, 6) is 0. The second-order valence-corrected chi connectivity index (χ2v) is 12.6. The Morgan fingerprint density at radius 1 is 0.405 bits per heavy atom. The summed E-state index contributed by atoms with van der Waals surface area (Å²) in [4.78, 5) is 0. The van der Waals surface area contributed by atoms with Gasteiger partial charge in [-0.05, 0) is 29.1 Å². The minimum atomic E-state index is -0.627. The molecule has 6 aromatic carbocycles. The van der Waals surface area contributed by atoms with Crippen LogP contribution < -0.4 is 31.8 Å². The molecule has 6 aromatic rings. The summed E-state index contributed by atoms with van der Waals surface area (Å²) in [7, 11) is -1.25. The average Bonchev–Trinajstić information content (AvgIpc) is 3.68. The van der Waals surface area contributed by atoms with Crippen LogP contribution in [0.1, 0.15) is 0 Å². The van der Waals surface area contributed by atoms with Crippen molar-refractivity contribution in [2.45, 2.75) is 0 Å². The van der Waals surface area contributed by atoms with Crippen molar-refractivity contribution in [1.29, 1.82) is 0 Å². The predicted molar refractivity (Wildman–Crippen MR) is 161 cm³/mol. The van der Waals surface area contributed by atoms with Gasteiger partial charge in [0, 0.05) is 26.2 Å². The maximum Gasteiger partial charge on any atom is 0 e. The van der Waals surface area contributed by atoms with E-state index in [1.165, 1.54) is 31.8 Å². The van der Waals surface area contributed by atoms with E-state index in [0.717, 1.165) is 0 Å². The average molecular weight is 590 g/mol. The molecule has 0 nitrogen and oxygen atoms in total. The molecule has 0 aliphatic rings. The molecule has 0 heterocycles. The Morgan fingerprint density at radius 3 is 1.14 bits per heavy atom. The first-order valence-corrected chi connectivity index (χ1v) is 14.8. The van der Waals surface area contributed by atoms with Crippen molar-refractivity contribution >= 4 is 47.7 Å². The van der Waals surface area contributed by atoms with Crippen molar-refractivity contribution in [3.63, 3.8) is 0 Å². The third kappa shape index (κ3) is 7.00. The van der Waals surface area contributed by atoms with E-state index in [2.05, 4.69) is 140 Å². The van der Waals surface area contributed by atoms with Gasteiger partial charge in [-0.15, -0.1) is 10.6 Å². The monoisotopic (exact) mass is 588 g/mol. The molecular weight excluding hydrogens is 562 g/mol. The van der Waals surface area contributed by atoms with Crippen LogP contribution in [0.3, 0.4) is 0 Å². The normalized spacial score (nSPS) is 10.4. The predicted octanol–water partition coefficient (Wildman–Crippen LogP) is 6.32. The van der Waals surface area contributed by atoms with Crippen LogP contribution in [-0.2, 0) is 26.2 Å². The van der Waals surface area contributed by atoms with Gasteiger partial charge in [0.2, 0.25) is 0 Å². The van der Waals surface area contributed by atoms with Gasteiger partial charge >= 0.3 is 0 Å². The van der Waals surface area contributed by atoms with Gasteiger partial charge in [0.15, 0.2) is 0 Å². The molecular formula is C34H28P2Zr-6. The number of hydrogen-bond acceptors (Lipinski definition) is 0. The first kappa shape index (κ1) is 27.4. The van der Waals surface area contributed by atoms with Gasteiger partial charge in [0.1, 0.15) is 0 Å². The van der Waals surface area contributed by atoms with E-state index in [4.69, 9.17) is 0 Å². The smallest absolute Gasteiger partial charge is 0 e. The Hall–Kier alpha value is -2.68. The summed E-state index contributed by atoms with van der Waals surface area (Å²) in [5, 5.41) is 8.51. The zero-order valence-corrected chi connectivity index (χ0v) is 24.8. The third-order valence-corrected chi connectivity index (χ3v) is 11.0. The van der Waals surface area contributed by atoms with Crippen molar-refractivity contribution in [3.05, 3.63) is 170 Å². The van der Waals surface area contributed by atoms with E-state index in [9.17, 15) is 0 Å². The SMILES string of the molecule is [Zr].[cH-]1[cH-][cH-][cH-][cH-]1.c1ccc(P(c2ccccc2)c2ccc[c-]2P(c2ccccc2)c2ccccc2)cc1. The van der Waals surface area contributed by atoms with Crippen molar-refractivity contribution in [2.24, 2.45) is 0 Å². The molecule has 6 rings (SSSR count). The summed E-state index contributed by atoms with van der Waals surface area (Å²) < 4.78 is 0. The zero-order chi connectivity index (χ0) is 24.4. The fraction of sp³-hybridized carbons (Fsp3) is 0. The number of benzene rings is 4. The fourth-order valence-electron chi connectivity index (χ4n) is 4.26. The summed E-state index contributed by atoms with van der Waals surface area (Å²) >= 11 is 0. The van der Waals surface area contributed by atoms with Crippen LogP contribution in [0.2, 0.25) is 0 Å². The molecule has 0 fully saturated rings. The molecule has 0 radical (unpaired) electrons. The molecule has 0 atom stereocenters. The second kappa shape index (κ2) is 14.3. The second-order valence-electron chi connectivity index (χ2n) is 8.27. The van der Waals surface area contributed by atoms with Crippen LogP contribution in [0.4, 0.5) is 0 Å². The summed E-state index contributed by atoms with van der Waals surface area (Å²) in [6, 6.07) is 60.9. The molecule has 184 valence electrons. The fourth-order valence-corrected chi connectivity index (χ4v) is 9.53. The number of hydrogen-bond donors (Lipinski definition) is 0. The van der Waals surface area contributed by atoms with Gasteiger partial charge in [-0.3, -0.25) is 0 Å². The molecule has 0 unspecified atom stereocenters. The van der Waals surface area contributed by atoms with Gasteiger partial charge in [0.25, 0.3) is 0 Å². The molecule has 0 spiro atoms. The quantitative estimate of drug-likeness (QED) is 0.158. The minimum absolute atomic E-state index is 0. The molecule has 0 saturated heterocycles. The van der Waals surface area contributed by atoms with Gasteiger partial charge < -0.3 is 30.3 Å². The van der Waals surface area contributed by atoms with E-state index in [1.54, 1.807) is 0 Å². The van der Waals surface area contributed by atoms with E-state index < -0.39 is 15.8 Å². The van der Waals surface area contributed by atoms with E-state index in [1.807, 2.05) is 30.3 Å². The van der Waals surface area contributed by atoms with Gasteiger partial charge in [-0.25, -0.2) is 12.1 Å². The molecule has 0 N–H and O–H groups in total. The molecule has 0 aliphatic heterocycles. The summed E-state index contributed by atoms with van der Waals surface area (Å²) in [6.45, 7) is 0. The van der Waals surface area contributed by atoms with Crippen LogP contribution in [0, 0.1) is 0 Å². The van der Waals surface area contributed by atoms with Gasteiger partial charge in [0.05, 0.1) is 0 Å². The molecule has 0 amide bonds. The van der Waals surface area contributed by atoms with Gasteiger partial charge in [-0.1, -0.05) is 129 Å².